The third-order valence-corrected chi connectivity index (χ3v) is 12.6. The van der Waals surface area contributed by atoms with Crippen LogP contribution in [-0.4, -0.2) is 0 Å². The van der Waals surface area contributed by atoms with Crippen molar-refractivity contribution in [2.75, 3.05) is 4.90 Å². The Hall–Kier alpha value is -6.61. The van der Waals surface area contributed by atoms with E-state index in [0.29, 0.717) is 0 Å². The number of hydrogen-bond acceptors (Lipinski definition) is 2. The molecule has 2 heteroatoms. The van der Waals surface area contributed by atoms with Gasteiger partial charge in [-0.3, -0.25) is 0 Å². The maximum atomic E-state index is 2.49. The standard InChI is InChI=1S/C53H35NS/c1-3-17-36(18-4-1)37-31-33-39(34-32-37)54(48-29-15-11-21-40(48)38-19-5-2-6-20-38)49-35-51-52(44-25-8-7-24-43(44)49)53(47-28-14-16-30-50(47)55-51)45-26-12-9-22-41(45)42-23-10-13-27-46(42)53/h1-35H. The van der Waals surface area contributed by atoms with Crippen molar-refractivity contribution >= 4 is 39.6 Å². The Kier molecular flexibility index (Phi) is 7.40. The fraction of sp³-hybridized carbons (Fsp3) is 0.0189. The zero-order valence-corrected chi connectivity index (χ0v) is 30.9. The number of fused-ring (bicyclic) bond motifs is 11. The summed E-state index contributed by atoms with van der Waals surface area (Å²) in [5, 5.41) is 2.49. The van der Waals surface area contributed by atoms with Crippen LogP contribution < -0.4 is 4.90 Å². The van der Waals surface area contributed by atoms with Crippen molar-refractivity contribution in [1.82, 2.24) is 0 Å². The molecular weight excluding hydrogens is 683 g/mol. The lowest BCUT2D eigenvalue weighted by atomic mass is 9.66. The zero-order chi connectivity index (χ0) is 36.3. The van der Waals surface area contributed by atoms with Crippen molar-refractivity contribution in [3.63, 3.8) is 0 Å². The normalized spacial score (nSPS) is 13.2. The van der Waals surface area contributed by atoms with E-state index in [1.54, 1.807) is 0 Å². The predicted molar refractivity (Wildman–Crippen MR) is 231 cm³/mol. The van der Waals surface area contributed by atoms with E-state index in [1.165, 1.54) is 76.2 Å². The summed E-state index contributed by atoms with van der Waals surface area (Å²) < 4.78 is 0. The Morgan fingerprint density at radius 1 is 0.345 bits per heavy atom. The summed E-state index contributed by atoms with van der Waals surface area (Å²) in [6.07, 6.45) is 0. The predicted octanol–water partition coefficient (Wildman–Crippen LogP) is 14.5. The largest absolute Gasteiger partial charge is 0.309 e. The van der Waals surface area contributed by atoms with E-state index in [2.05, 4.69) is 217 Å². The van der Waals surface area contributed by atoms with Gasteiger partial charge in [-0.15, -0.1) is 0 Å². The second-order valence-electron chi connectivity index (χ2n) is 14.4. The molecule has 0 saturated carbocycles. The molecular formula is C53H35NS. The Balaban J connectivity index is 1.23. The first kappa shape index (κ1) is 31.9. The van der Waals surface area contributed by atoms with Crippen LogP contribution in [0.5, 0.6) is 0 Å². The van der Waals surface area contributed by atoms with Gasteiger partial charge in [-0.1, -0.05) is 194 Å². The summed E-state index contributed by atoms with van der Waals surface area (Å²) >= 11 is 1.90. The van der Waals surface area contributed by atoms with Gasteiger partial charge in [0.15, 0.2) is 0 Å². The van der Waals surface area contributed by atoms with Gasteiger partial charge in [0, 0.05) is 26.4 Å². The molecule has 0 fully saturated rings. The summed E-state index contributed by atoms with van der Waals surface area (Å²) in [6, 6.07) is 78.2. The molecule has 1 spiro atoms. The van der Waals surface area contributed by atoms with Crippen LogP contribution in [0.2, 0.25) is 0 Å². The van der Waals surface area contributed by atoms with E-state index >= 15 is 0 Å². The van der Waals surface area contributed by atoms with Gasteiger partial charge < -0.3 is 4.90 Å². The Labute approximate surface area is 326 Å². The minimum Gasteiger partial charge on any atom is -0.309 e. The van der Waals surface area contributed by atoms with Crippen LogP contribution in [-0.2, 0) is 5.41 Å². The number of anilines is 3. The molecule has 0 amide bonds. The molecule has 0 atom stereocenters. The highest BCUT2D eigenvalue weighted by Crippen LogP contribution is 2.64. The Morgan fingerprint density at radius 2 is 0.855 bits per heavy atom. The Bertz CT molecular complexity index is 2850. The Morgan fingerprint density at radius 3 is 1.55 bits per heavy atom. The molecule has 1 aliphatic carbocycles. The van der Waals surface area contributed by atoms with Crippen molar-refractivity contribution in [2.24, 2.45) is 0 Å². The van der Waals surface area contributed by atoms with Gasteiger partial charge in [-0.2, -0.15) is 0 Å². The van der Waals surface area contributed by atoms with E-state index in [9.17, 15) is 0 Å². The first-order chi connectivity index (χ1) is 27.3. The summed E-state index contributed by atoms with van der Waals surface area (Å²) in [5.41, 5.74) is 15.8. The molecule has 0 aromatic heterocycles. The van der Waals surface area contributed by atoms with Crippen molar-refractivity contribution in [2.45, 2.75) is 15.2 Å². The summed E-state index contributed by atoms with van der Waals surface area (Å²) in [5.74, 6) is 0. The van der Waals surface area contributed by atoms with E-state index in [1.807, 2.05) is 11.8 Å². The molecule has 1 nitrogen and oxygen atoms in total. The average molecular weight is 718 g/mol. The van der Waals surface area contributed by atoms with Gasteiger partial charge in [0.05, 0.1) is 16.8 Å². The molecule has 55 heavy (non-hydrogen) atoms. The summed E-state index contributed by atoms with van der Waals surface area (Å²) in [7, 11) is 0. The van der Waals surface area contributed by atoms with Crippen molar-refractivity contribution in [3.8, 4) is 33.4 Å². The first-order valence-electron chi connectivity index (χ1n) is 18.9. The van der Waals surface area contributed by atoms with Crippen LogP contribution in [0, 0.1) is 0 Å². The van der Waals surface area contributed by atoms with Gasteiger partial charge in [-0.25, -0.2) is 0 Å². The molecule has 11 rings (SSSR count). The molecule has 1 aliphatic heterocycles. The van der Waals surface area contributed by atoms with Crippen LogP contribution in [0.25, 0.3) is 44.2 Å². The monoisotopic (exact) mass is 717 g/mol. The van der Waals surface area contributed by atoms with E-state index in [-0.39, 0.29) is 0 Å². The van der Waals surface area contributed by atoms with Crippen LogP contribution in [0.3, 0.4) is 0 Å². The van der Waals surface area contributed by atoms with Gasteiger partial charge in [0.2, 0.25) is 0 Å². The minimum atomic E-state index is -0.466. The lowest BCUT2D eigenvalue weighted by molar-refractivity contribution is 0.730. The minimum absolute atomic E-state index is 0.466. The number of para-hydroxylation sites is 1. The average Bonchev–Trinajstić information content (AvgIpc) is 3.55. The summed E-state index contributed by atoms with van der Waals surface area (Å²) in [4.78, 5) is 5.07. The number of benzene rings is 9. The first-order valence-corrected chi connectivity index (χ1v) is 19.8. The molecule has 0 saturated heterocycles. The number of hydrogen-bond donors (Lipinski definition) is 0. The van der Waals surface area contributed by atoms with Crippen LogP contribution in [0.15, 0.2) is 222 Å². The smallest absolute Gasteiger partial charge is 0.0741 e. The zero-order valence-electron chi connectivity index (χ0n) is 30.1. The van der Waals surface area contributed by atoms with Crippen LogP contribution in [0.4, 0.5) is 17.1 Å². The van der Waals surface area contributed by atoms with Gasteiger partial charge in [0.25, 0.3) is 0 Å². The SMILES string of the molecule is c1ccc(-c2ccc(N(c3ccccc3-c3ccccc3)c3cc4c(c5ccccc35)C3(c5ccccc5S4)c4ccccc4-c4ccccc43)cc2)cc1. The third-order valence-electron chi connectivity index (χ3n) is 11.5. The molecule has 2 aliphatic rings. The van der Waals surface area contributed by atoms with Crippen LogP contribution in [0.1, 0.15) is 22.3 Å². The van der Waals surface area contributed by atoms with Gasteiger partial charge >= 0.3 is 0 Å². The maximum absolute atomic E-state index is 2.49. The quantitative estimate of drug-likeness (QED) is 0.174. The highest BCUT2D eigenvalue weighted by atomic mass is 32.2. The maximum Gasteiger partial charge on any atom is 0.0741 e. The molecule has 9 aromatic rings. The summed E-state index contributed by atoms with van der Waals surface area (Å²) in [6.45, 7) is 0. The van der Waals surface area contributed by atoms with Crippen LogP contribution >= 0.6 is 11.8 Å². The van der Waals surface area contributed by atoms with Crippen molar-refractivity contribution < 1.29 is 0 Å². The molecule has 0 unspecified atom stereocenters. The third kappa shape index (κ3) is 4.82. The lowest BCUT2D eigenvalue weighted by Crippen LogP contribution is -2.32. The van der Waals surface area contributed by atoms with Gasteiger partial charge in [0.1, 0.15) is 0 Å². The molecule has 0 N–H and O–H groups in total. The topological polar surface area (TPSA) is 3.24 Å². The second kappa shape index (κ2) is 12.8. The number of rotatable bonds is 5. The fourth-order valence-corrected chi connectivity index (χ4v) is 10.5. The van der Waals surface area contributed by atoms with Crippen molar-refractivity contribution in [3.05, 3.63) is 235 Å². The highest BCUT2D eigenvalue weighted by Gasteiger charge is 2.51. The van der Waals surface area contributed by atoms with E-state index in [4.69, 9.17) is 0 Å². The van der Waals surface area contributed by atoms with Gasteiger partial charge in [-0.05, 0) is 85.8 Å². The molecule has 9 aromatic carbocycles. The highest BCUT2D eigenvalue weighted by molar-refractivity contribution is 7.99. The molecule has 258 valence electrons. The van der Waals surface area contributed by atoms with Crippen molar-refractivity contribution in [1.29, 1.82) is 0 Å². The van der Waals surface area contributed by atoms with E-state index in [0.717, 1.165) is 17.1 Å². The molecule has 1 heterocycles. The van der Waals surface area contributed by atoms with E-state index < -0.39 is 5.41 Å². The second-order valence-corrected chi connectivity index (χ2v) is 15.5. The molecule has 0 radical (unpaired) electrons. The fourth-order valence-electron chi connectivity index (χ4n) is 9.27. The number of nitrogens with zero attached hydrogens (tertiary/aromatic N) is 1. The molecule has 0 bridgehead atoms. The lowest BCUT2D eigenvalue weighted by Gasteiger charge is -2.41.